The van der Waals surface area contributed by atoms with Crippen molar-refractivity contribution >= 4 is 55.5 Å². The van der Waals surface area contributed by atoms with Gasteiger partial charge in [0.15, 0.2) is 0 Å². The number of nitrogens with zero attached hydrogens (tertiary/aromatic N) is 2. The van der Waals surface area contributed by atoms with Crippen molar-refractivity contribution in [3.05, 3.63) is 96.1 Å². The lowest BCUT2D eigenvalue weighted by molar-refractivity contribution is -0.137. The van der Waals surface area contributed by atoms with Gasteiger partial charge in [-0.1, -0.05) is 24.3 Å². The number of aromatic amines is 1. The van der Waals surface area contributed by atoms with Gasteiger partial charge in [0.05, 0.1) is 16.9 Å². The molecule has 3 heterocycles. The Bertz CT molecular complexity index is 1860. The van der Waals surface area contributed by atoms with Crippen molar-refractivity contribution in [2.24, 2.45) is 5.73 Å². The molecule has 0 fully saturated rings. The molecule has 0 unspecified atom stereocenters. The van der Waals surface area contributed by atoms with Gasteiger partial charge in [-0.05, 0) is 70.4 Å². The largest absolute Gasteiger partial charge is 0.416 e. The smallest absolute Gasteiger partial charge is 0.383 e. The van der Waals surface area contributed by atoms with Crippen molar-refractivity contribution < 1.29 is 18.0 Å². The van der Waals surface area contributed by atoms with Gasteiger partial charge in [0, 0.05) is 39.1 Å². The lowest BCUT2D eigenvalue weighted by Gasteiger charge is -2.22. The molecule has 0 aliphatic carbocycles. The maximum atomic E-state index is 13.2. The highest BCUT2D eigenvalue weighted by Gasteiger charge is 2.31. The summed E-state index contributed by atoms with van der Waals surface area (Å²) < 4.78 is 40.7. The van der Waals surface area contributed by atoms with E-state index in [1.54, 1.807) is 41.8 Å². The molecule has 10 heteroatoms. The Morgan fingerprint density at radius 3 is 2.44 bits per heavy atom. The van der Waals surface area contributed by atoms with E-state index in [1.807, 2.05) is 29.8 Å². The number of nitrogens with one attached hydrogen (secondary N) is 1. The summed E-state index contributed by atoms with van der Waals surface area (Å²) in [6.45, 7) is 0. The summed E-state index contributed by atoms with van der Waals surface area (Å²) in [6, 6.07) is 18.6. The number of hydrogen-bond donors (Lipinski definition) is 3. The number of amides is 2. The molecule has 6 nitrogen and oxygen atoms in total. The number of alkyl halides is 3. The number of pyridine rings is 1. The number of aromatic nitrogens is 2. The Hall–Kier alpha value is -4.83. The standard InChI is InChI=1S/C29H20F3N5OS/c30-29(31,32)19-2-1-3-21(13-19)37(28(34)38)20-7-4-16(5-8-20)23-15-39-26-22(14-36-27(33)25(23)26)17-6-9-24-18(12-17)10-11-35-24/h1-15,35H,(H2,33,36)(H2,34,38). The summed E-state index contributed by atoms with van der Waals surface area (Å²) in [5.41, 5.74) is 16.1. The van der Waals surface area contributed by atoms with Gasteiger partial charge in [-0.2, -0.15) is 13.2 Å². The highest BCUT2D eigenvalue weighted by Crippen LogP contribution is 2.43. The molecular weight excluding hydrogens is 523 g/mol. The van der Waals surface area contributed by atoms with E-state index >= 15 is 0 Å². The van der Waals surface area contributed by atoms with Gasteiger partial charge >= 0.3 is 12.2 Å². The molecular formula is C29H20F3N5OS. The molecule has 0 saturated heterocycles. The van der Waals surface area contributed by atoms with Crippen molar-refractivity contribution in [1.82, 2.24) is 9.97 Å². The zero-order chi connectivity index (χ0) is 27.3. The van der Waals surface area contributed by atoms with Crippen molar-refractivity contribution in [3.8, 4) is 22.3 Å². The van der Waals surface area contributed by atoms with E-state index in [0.29, 0.717) is 11.5 Å². The number of thiophene rings is 1. The fourth-order valence-corrected chi connectivity index (χ4v) is 5.84. The van der Waals surface area contributed by atoms with E-state index in [0.717, 1.165) is 60.3 Å². The second-order valence-electron chi connectivity index (χ2n) is 8.96. The van der Waals surface area contributed by atoms with Crippen LogP contribution in [-0.2, 0) is 6.18 Å². The Morgan fingerprint density at radius 2 is 1.69 bits per heavy atom. The second-order valence-corrected chi connectivity index (χ2v) is 9.84. The third-order valence-corrected chi connectivity index (χ3v) is 7.59. The minimum Gasteiger partial charge on any atom is -0.383 e. The number of fused-ring (bicyclic) bond motifs is 2. The molecule has 0 saturated carbocycles. The summed E-state index contributed by atoms with van der Waals surface area (Å²) in [6.07, 6.45) is -0.886. The van der Waals surface area contributed by atoms with Crippen LogP contribution in [0.2, 0.25) is 0 Å². The predicted octanol–water partition coefficient (Wildman–Crippen LogP) is 7.93. The monoisotopic (exact) mass is 543 g/mol. The molecule has 6 aromatic rings. The molecule has 3 aromatic heterocycles. The second kappa shape index (κ2) is 9.17. The van der Waals surface area contributed by atoms with Crippen LogP contribution in [0.5, 0.6) is 0 Å². The van der Waals surface area contributed by atoms with Gasteiger partial charge in [0.2, 0.25) is 0 Å². The normalized spacial score (nSPS) is 11.8. The highest BCUT2D eigenvalue weighted by atomic mass is 32.1. The third kappa shape index (κ3) is 4.34. The number of halogens is 3. The molecule has 0 aliphatic rings. The number of primary amides is 1. The van der Waals surface area contributed by atoms with Crippen LogP contribution in [0.3, 0.4) is 0 Å². The number of carbonyl (C=O) groups is 1. The number of nitrogens with two attached hydrogens (primary N) is 2. The first-order valence-corrected chi connectivity index (χ1v) is 12.7. The quantitative estimate of drug-likeness (QED) is 0.210. The maximum absolute atomic E-state index is 13.2. The SMILES string of the molecule is NC(=O)N(c1ccc(-c2csc3c(-c4ccc5[nH]ccc5c4)cnc(N)c23)cc1)c1cccc(C(F)(F)F)c1. The number of anilines is 3. The van der Waals surface area contributed by atoms with E-state index in [1.165, 1.54) is 12.1 Å². The minimum atomic E-state index is -4.55. The van der Waals surface area contributed by atoms with E-state index in [9.17, 15) is 18.0 Å². The van der Waals surface area contributed by atoms with Gasteiger partial charge < -0.3 is 16.5 Å². The van der Waals surface area contributed by atoms with E-state index in [-0.39, 0.29) is 5.69 Å². The fourth-order valence-electron chi connectivity index (χ4n) is 4.72. The number of hydrogen-bond acceptors (Lipinski definition) is 4. The van der Waals surface area contributed by atoms with E-state index < -0.39 is 17.8 Å². The molecule has 0 bridgehead atoms. The van der Waals surface area contributed by atoms with Crippen molar-refractivity contribution in [1.29, 1.82) is 0 Å². The predicted molar refractivity (Wildman–Crippen MR) is 150 cm³/mol. The van der Waals surface area contributed by atoms with Crippen LogP contribution in [-0.4, -0.2) is 16.0 Å². The van der Waals surface area contributed by atoms with Gasteiger partial charge in [-0.15, -0.1) is 11.3 Å². The molecule has 3 aromatic carbocycles. The average molecular weight is 544 g/mol. The molecule has 0 spiro atoms. The lowest BCUT2D eigenvalue weighted by Crippen LogP contribution is -2.31. The summed E-state index contributed by atoms with van der Waals surface area (Å²) in [5, 5.41) is 3.89. The topological polar surface area (TPSA) is 101 Å². The maximum Gasteiger partial charge on any atom is 0.416 e. The number of benzene rings is 3. The number of rotatable bonds is 4. The summed E-state index contributed by atoms with van der Waals surface area (Å²) in [7, 11) is 0. The van der Waals surface area contributed by atoms with Crippen LogP contribution >= 0.6 is 11.3 Å². The Balaban J connectivity index is 1.39. The first-order valence-electron chi connectivity index (χ1n) is 11.8. The van der Waals surface area contributed by atoms with Crippen LogP contribution in [0.15, 0.2) is 90.6 Å². The molecule has 194 valence electrons. The van der Waals surface area contributed by atoms with Crippen LogP contribution in [0.25, 0.3) is 43.2 Å². The molecule has 39 heavy (non-hydrogen) atoms. The first kappa shape index (κ1) is 24.5. The van der Waals surface area contributed by atoms with Gasteiger partial charge in [-0.3, -0.25) is 4.90 Å². The highest BCUT2D eigenvalue weighted by molar-refractivity contribution is 7.18. The van der Waals surface area contributed by atoms with Crippen LogP contribution in [0.4, 0.5) is 35.2 Å². The van der Waals surface area contributed by atoms with Crippen LogP contribution in [0, 0.1) is 0 Å². The van der Waals surface area contributed by atoms with E-state index in [4.69, 9.17) is 11.5 Å². The first-order chi connectivity index (χ1) is 18.7. The van der Waals surface area contributed by atoms with Crippen LogP contribution < -0.4 is 16.4 Å². The number of nitrogen functional groups attached to an aromatic ring is 1. The Morgan fingerprint density at radius 1 is 0.923 bits per heavy atom. The number of urea groups is 1. The Kier molecular flexibility index (Phi) is 5.76. The third-order valence-electron chi connectivity index (χ3n) is 6.58. The minimum absolute atomic E-state index is 0.0172. The van der Waals surface area contributed by atoms with Gasteiger partial charge in [0.1, 0.15) is 5.82 Å². The summed E-state index contributed by atoms with van der Waals surface area (Å²) >= 11 is 1.55. The molecule has 6 rings (SSSR count). The van der Waals surface area contributed by atoms with E-state index in [2.05, 4.69) is 16.0 Å². The van der Waals surface area contributed by atoms with Crippen molar-refractivity contribution in [2.75, 3.05) is 10.6 Å². The number of carbonyl (C=O) groups excluding carboxylic acids is 1. The zero-order valence-electron chi connectivity index (χ0n) is 20.2. The summed E-state index contributed by atoms with van der Waals surface area (Å²) in [5.74, 6) is 0.388. The van der Waals surface area contributed by atoms with Gasteiger partial charge in [0.25, 0.3) is 0 Å². The average Bonchev–Trinajstić information content (AvgIpc) is 3.57. The zero-order valence-corrected chi connectivity index (χ0v) is 21.0. The van der Waals surface area contributed by atoms with Crippen molar-refractivity contribution in [2.45, 2.75) is 6.18 Å². The molecule has 0 radical (unpaired) electrons. The fraction of sp³-hybridized carbons (Fsp3) is 0.0345. The summed E-state index contributed by atoms with van der Waals surface area (Å²) in [4.78, 5) is 21.0. The van der Waals surface area contributed by atoms with Crippen molar-refractivity contribution in [3.63, 3.8) is 0 Å². The molecule has 5 N–H and O–H groups in total. The molecule has 0 atom stereocenters. The Labute approximate surface area is 224 Å². The van der Waals surface area contributed by atoms with Gasteiger partial charge in [-0.25, -0.2) is 9.78 Å². The number of H-pyrrole nitrogens is 1. The molecule has 0 aliphatic heterocycles. The lowest BCUT2D eigenvalue weighted by atomic mass is 10.0. The van der Waals surface area contributed by atoms with Crippen LogP contribution in [0.1, 0.15) is 5.56 Å². The molecule has 2 amide bonds.